The molecule has 0 aliphatic carbocycles. The van der Waals surface area contributed by atoms with Gasteiger partial charge in [0, 0.05) is 44.1 Å². The molecular weight excluding hydrogens is 440 g/mol. The number of amides is 4. The summed E-state index contributed by atoms with van der Waals surface area (Å²) in [5.74, 6) is -1.80. The Bertz CT molecular complexity index is 1210. The molecule has 3 N–H and O–H groups in total. The van der Waals surface area contributed by atoms with E-state index in [1.165, 1.54) is 0 Å². The van der Waals surface area contributed by atoms with E-state index in [1.807, 2.05) is 6.92 Å². The molecule has 11 nitrogen and oxygen atoms in total. The molecule has 3 heterocycles. The maximum absolute atomic E-state index is 13.1. The van der Waals surface area contributed by atoms with Gasteiger partial charge in [0.1, 0.15) is 6.04 Å². The maximum atomic E-state index is 13.1. The summed E-state index contributed by atoms with van der Waals surface area (Å²) in [6.45, 7) is 3.56. The minimum Gasteiger partial charge on any atom is -0.384 e. The van der Waals surface area contributed by atoms with E-state index in [-0.39, 0.29) is 29.5 Å². The van der Waals surface area contributed by atoms with Gasteiger partial charge in [-0.25, -0.2) is 4.98 Å². The van der Waals surface area contributed by atoms with Crippen LogP contribution >= 0.6 is 0 Å². The second-order valence-electron chi connectivity index (χ2n) is 8.10. The van der Waals surface area contributed by atoms with Crippen LogP contribution in [0.1, 0.15) is 53.3 Å². The topological polar surface area (TPSA) is 142 Å². The third-order valence-corrected chi connectivity index (χ3v) is 5.93. The second kappa shape index (κ2) is 9.86. The van der Waals surface area contributed by atoms with Crippen LogP contribution < -0.4 is 21.5 Å². The molecule has 1 atom stereocenters. The quantitative estimate of drug-likeness (QED) is 0.367. The van der Waals surface area contributed by atoms with E-state index in [4.69, 9.17) is 0 Å². The lowest BCUT2D eigenvalue weighted by molar-refractivity contribution is -0.136. The number of hydrogen-bond donors (Lipinski definition) is 3. The number of nitrogens with zero attached hydrogens (tertiary/aromatic N) is 3. The summed E-state index contributed by atoms with van der Waals surface area (Å²) >= 11 is 0. The Kier molecular flexibility index (Phi) is 6.71. The molecule has 0 bridgehead atoms. The van der Waals surface area contributed by atoms with Gasteiger partial charge in [-0.05, 0) is 38.3 Å². The molecule has 34 heavy (non-hydrogen) atoms. The zero-order chi connectivity index (χ0) is 24.2. The van der Waals surface area contributed by atoms with Crippen LogP contribution in [0.3, 0.4) is 0 Å². The number of benzene rings is 1. The number of piperidine rings is 1. The highest BCUT2D eigenvalue weighted by Crippen LogP contribution is 2.32. The molecule has 11 heteroatoms. The van der Waals surface area contributed by atoms with Gasteiger partial charge in [-0.2, -0.15) is 0 Å². The van der Waals surface area contributed by atoms with Crippen molar-refractivity contribution in [1.29, 1.82) is 0 Å². The summed E-state index contributed by atoms with van der Waals surface area (Å²) in [6.07, 6.45) is 4.91. The largest absolute Gasteiger partial charge is 0.384 e. The Morgan fingerprint density at radius 3 is 2.56 bits per heavy atom. The van der Waals surface area contributed by atoms with Crippen molar-refractivity contribution in [3.8, 4) is 0 Å². The van der Waals surface area contributed by atoms with Gasteiger partial charge in [-0.3, -0.25) is 34.2 Å². The number of hydrogen-bond acceptors (Lipinski definition) is 8. The predicted octanol–water partition coefficient (Wildman–Crippen LogP) is 0.969. The number of rotatable bonds is 9. The van der Waals surface area contributed by atoms with Crippen molar-refractivity contribution in [2.24, 2.45) is 0 Å². The molecule has 4 amide bonds. The lowest BCUT2D eigenvalue weighted by Crippen LogP contribution is -2.54. The standard InChI is InChI=1S/C23H26N6O5/c1-2-28-13-12-26-19(23(28)34)25-11-4-3-10-24-15-7-5-6-14-18(15)22(33)29(21(14)32)16-8-9-17(30)27-20(16)31/h5-7,12-13,16,24H,2-4,8-11H2,1H3,(H,25,26)(H,27,30,31). The zero-order valence-electron chi connectivity index (χ0n) is 18.8. The predicted molar refractivity (Wildman–Crippen MR) is 123 cm³/mol. The van der Waals surface area contributed by atoms with E-state index in [0.717, 1.165) is 17.7 Å². The van der Waals surface area contributed by atoms with Crippen molar-refractivity contribution in [3.63, 3.8) is 0 Å². The molecule has 0 spiro atoms. The zero-order valence-corrected chi connectivity index (χ0v) is 18.8. The summed E-state index contributed by atoms with van der Waals surface area (Å²) in [5.41, 5.74) is 0.841. The van der Waals surface area contributed by atoms with Crippen LogP contribution in [0.25, 0.3) is 0 Å². The van der Waals surface area contributed by atoms with Crippen molar-refractivity contribution in [3.05, 3.63) is 52.1 Å². The van der Waals surface area contributed by atoms with E-state index in [2.05, 4.69) is 20.9 Å². The van der Waals surface area contributed by atoms with Crippen molar-refractivity contribution < 1.29 is 19.2 Å². The van der Waals surface area contributed by atoms with Crippen LogP contribution in [0.5, 0.6) is 0 Å². The van der Waals surface area contributed by atoms with E-state index >= 15 is 0 Å². The molecule has 1 fully saturated rings. The summed E-state index contributed by atoms with van der Waals surface area (Å²) in [5, 5.41) is 8.45. The molecule has 178 valence electrons. The van der Waals surface area contributed by atoms with E-state index < -0.39 is 29.7 Å². The summed E-state index contributed by atoms with van der Waals surface area (Å²) in [4.78, 5) is 66.8. The number of imide groups is 2. The highest BCUT2D eigenvalue weighted by molar-refractivity contribution is 6.25. The minimum absolute atomic E-state index is 0.0771. The Morgan fingerprint density at radius 1 is 1.06 bits per heavy atom. The molecule has 1 saturated heterocycles. The molecule has 2 aromatic rings. The van der Waals surface area contributed by atoms with E-state index in [1.54, 1.807) is 35.2 Å². The maximum Gasteiger partial charge on any atom is 0.293 e. The molecule has 1 unspecified atom stereocenters. The van der Waals surface area contributed by atoms with E-state index in [0.29, 0.717) is 31.1 Å². The number of aromatic nitrogens is 2. The van der Waals surface area contributed by atoms with Crippen molar-refractivity contribution in [2.75, 3.05) is 23.7 Å². The van der Waals surface area contributed by atoms with Crippen LogP contribution in [0.4, 0.5) is 11.5 Å². The molecule has 2 aliphatic heterocycles. The summed E-state index contributed by atoms with van der Waals surface area (Å²) < 4.78 is 1.57. The van der Waals surface area contributed by atoms with Gasteiger partial charge in [0.05, 0.1) is 11.1 Å². The molecule has 0 saturated carbocycles. The highest BCUT2D eigenvalue weighted by Gasteiger charge is 2.45. The molecule has 0 radical (unpaired) electrons. The van der Waals surface area contributed by atoms with Gasteiger partial charge in [-0.1, -0.05) is 6.07 Å². The number of unbranched alkanes of at least 4 members (excludes halogenated alkanes) is 1. The van der Waals surface area contributed by atoms with Crippen LogP contribution in [0.2, 0.25) is 0 Å². The van der Waals surface area contributed by atoms with Crippen LogP contribution in [-0.4, -0.2) is 57.2 Å². The molecular formula is C23H26N6O5. The van der Waals surface area contributed by atoms with Crippen LogP contribution in [0, 0.1) is 0 Å². The molecule has 1 aromatic heterocycles. The smallest absolute Gasteiger partial charge is 0.293 e. The second-order valence-corrected chi connectivity index (χ2v) is 8.10. The monoisotopic (exact) mass is 466 g/mol. The number of carbonyl (C=O) groups is 4. The SMILES string of the molecule is CCn1ccnc(NCCCCNc2cccc3c2C(=O)N(C2CCC(=O)NC2=O)C3=O)c1=O. The minimum atomic E-state index is -0.993. The number of carbonyl (C=O) groups excluding carboxylic acids is 4. The average Bonchev–Trinajstić information content (AvgIpc) is 3.08. The lowest BCUT2D eigenvalue weighted by atomic mass is 10.0. The summed E-state index contributed by atoms with van der Waals surface area (Å²) in [6, 6.07) is 3.97. The summed E-state index contributed by atoms with van der Waals surface area (Å²) in [7, 11) is 0. The van der Waals surface area contributed by atoms with Crippen LogP contribution in [-0.2, 0) is 16.1 Å². The van der Waals surface area contributed by atoms with Gasteiger partial charge >= 0.3 is 0 Å². The first-order valence-corrected chi connectivity index (χ1v) is 11.3. The van der Waals surface area contributed by atoms with Crippen LogP contribution in [0.15, 0.2) is 35.4 Å². The first-order chi connectivity index (χ1) is 16.4. The van der Waals surface area contributed by atoms with Gasteiger partial charge in [-0.15, -0.1) is 0 Å². The molecule has 1 aromatic carbocycles. The Labute approximate surface area is 195 Å². The van der Waals surface area contributed by atoms with Crippen molar-refractivity contribution in [1.82, 2.24) is 19.8 Å². The number of anilines is 2. The van der Waals surface area contributed by atoms with Crippen molar-refractivity contribution >= 4 is 35.1 Å². The van der Waals surface area contributed by atoms with E-state index in [9.17, 15) is 24.0 Å². The third-order valence-electron chi connectivity index (χ3n) is 5.93. The average molecular weight is 466 g/mol. The molecule has 2 aliphatic rings. The van der Waals surface area contributed by atoms with Crippen molar-refractivity contribution in [2.45, 2.75) is 45.2 Å². The fourth-order valence-electron chi connectivity index (χ4n) is 4.16. The lowest BCUT2D eigenvalue weighted by Gasteiger charge is -2.27. The fourth-order valence-corrected chi connectivity index (χ4v) is 4.16. The van der Waals surface area contributed by atoms with Gasteiger partial charge in [0.15, 0.2) is 5.82 Å². The van der Waals surface area contributed by atoms with Gasteiger partial charge < -0.3 is 15.2 Å². The fraction of sp³-hybridized carbons (Fsp3) is 0.391. The first-order valence-electron chi connectivity index (χ1n) is 11.3. The highest BCUT2D eigenvalue weighted by atomic mass is 16.2. The number of fused-ring (bicyclic) bond motifs is 1. The Hall–Kier alpha value is -4.02. The number of aryl methyl sites for hydroxylation is 1. The number of nitrogens with one attached hydrogen (secondary N) is 3. The Balaban J connectivity index is 1.34. The third kappa shape index (κ3) is 4.41. The van der Waals surface area contributed by atoms with Gasteiger partial charge in [0.25, 0.3) is 17.4 Å². The molecule has 4 rings (SSSR count). The van der Waals surface area contributed by atoms with Gasteiger partial charge in [0.2, 0.25) is 11.8 Å². The Morgan fingerprint density at radius 2 is 1.82 bits per heavy atom. The first kappa shape index (κ1) is 23.1. The normalized spacial score (nSPS) is 17.6.